The Morgan fingerprint density at radius 3 is 2.61 bits per heavy atom. The van der Waals surface area contributed by atoms with Crippen molar-refractivity contribution < 1.29 is 9.53 Å². The molecular formula is C23H28Cl2N4O2. The van der Waals surface area contributed by atoms with Crippen LogP contribution in [0, 0.1) is 6.92 Å². The Kier molecular flexibility index (Phi) is 7.33. The van der Waals surface area contributed by atoms with Gasteiger partial charge < -0.3 is 9.64 Å². The lowest BCUT2D eigenvalue weighted by Crippen LogP contribution is -2.50. The first-order chi connectivity index (χ1) is 15.0. The second-order valence-corrected chi connectivity index (χ2v) is 8.96. The van der Waals surface area contributed by atoms with E-state index in [1.807, 2.05) is 36.1 Å². The SMILES string of the molecule is Cc1nn(Cc2ccc(Cl)cc2)c(Cl)c1C=CC(=O)N1CCN(CC2CCCO2)CC1. The highest BCUT2D eigenvalue weighted by Gasteiger charge is 2.24. The van der Waals surface area contributed by atoms with E-state index in [2.05, 4.69) is 10.00 Å². The van der Waals surface area contributed by atoms with E-state index in [1.54, 1.807) is 16.8 Å². The van der Waals surface area contributed by atoms with Gasteiger partial charge in [-0.05, 0) is 43.5 Å². The third-order valence-electron chi connectivity index (χ3n) is 5.92. The van der Waals surface area contributed by atoms with Crippen molar-refractivity contribution >= 4 is 35.2 Å². The van der Waals surface area contributed by atoms with Crippen LogP contribution < -0.4 is 0 Å². The molecule has 0 aliphatic carbocycles. The van der Waals surface area contributed by atoms with Crippen LogP contribution in [0.4, 0.5) is 0 Å². The summed E-state index contributed by atoms with van der Waals surface area (Å²) in [6.07, 6.45) is 6.05. The average molecular weight is 463 g/mol. The van der Waals surface area contributed by atoms with E-state index in [4.69, 9.17) is 27.9 Å². The highest BCUT2D eigenvalue weighted by atomic mass is 35.5. The molecule has 8 heteroatoms. The van der Waals surface area contributed by atoms with Crippen molar-refractivity contribution in [2.75, 3.05) is 39.3 Å². The number of hydrogen-bond donors (Lipinski definition) is 0. The minimum Gasteiger partial charge on any atom is -0.377 e. The number of aryl methyl sites for hydroxylation is 1. The summed E-state index contributed by atoms with van der Waals surface area (Å²) in [6.45, 7) is 7.54. The van der Waals surface area contributed by atoms with E-state index in [-0.39, 0.29) is 5.91 Å². The van der Waals surface area contributed by atoms with E-state index >= 15 is 0 Å². The van der Waals surface area contributed by atoms with E-state index in [9.17, 15) is 4.79 Å². The van der Waals surface area contributed by atoms with Crippen LogP contribution in [0.1, 0.15) is 29.7 Å². The number of halogens is 2. The zero-order valence-electron chi connectivity index (χ0n) is 17.8. The minimum absolute atomic E-state index is 0.0117. The summed E-state index contributed by atoms with van der Waals surface area (Å²) < 4.78 is 7.47. The van der Waals surface area contributed by atoms with E-state index in [0.717, 1.165) is 69.0 Å². The number of aromatic nitrogens is 2. The maximum Gasteiger partial charge on any atom is 0.246 e. The number of carbonyl (C=O) groups is 1. The smallest absolute Gasteiger partial charge is 0.246 e. The maximum absolute atomic E-state index is 12.7. The van der Waals surface area contributed by atoms with Crippen LogP contribution in [-0.4, -0.2) is 70.9 Å². The van der Waals surface area contributed by atoms with Gasteiger partial charge in [0.1, 0.15) is 5.15 Å². The third kappa shape index (κ3) is 5.69. The summed E-state index contributed by atoms with van der Waals surface area (Å²) in [5.41, 5.74) is 2.63. The van der Waals surface area contributed by atoms with Gasteiger partial charge in [0, 0.05) is 56.0 Å². The molecule has 0 bridgehead atoms. The number of nitrogens with zero attached hydrogens (tertiary/aromatic N) is 4. The first kappa shape index (κ1) is 22.3. The molecule has 3 heterocycles. The number of piperazine rings is 1. The van der Waals surface area contributed by atoms with Gasteiger partial charge in [-0.25, -0.2) is 4.68 Å². The lowest BCUT2D eigenvalue weighted by Gasteiger charge is -2.35. The molecule has 0 radical (unpaired) electrons. The number of benzene rings is 1. The lowest BCUT2D eigenvalue weighted by atomic mass is 10.2. The number of rotatable bonds is 6. The molecule has 1 amide bonds. The molecule has 4 rings (SSSR count). The van der Waals surface area contributed by atoms with E-state index in [1.165, 1.54) is 0 Å². The highest BCUT2D eigenvalue weighted by Crippen LogP contribution is 2.23. The fourth-order valence-electron chi connectivity index (χ4n) is 4.11. The molecule has 2 saturated heterocycles. The Morgan fingerprint density at radius 1 is 1.19 bits per heavy atom. The number of hydrogen-bond acceptors (Lipinski definition) is 4. The van der Waals surface area contributed by atoms with Crippen LogP contribution >= 0.6 is 23.2 Å². The van der Waals surface area contributed by atoms with Crippen molar-refractivity contribution in [3.8, 4) is 0 Å². The molecule has 2 aliphatic heterocycles. The van der Waals surface area contributed by atoms with Gasteiger partial charge in [0.05, 0.1) is 18.3 Å². The van der Waals surface area contributed by atoms with Gasteiger partial charge in [0.15, 0.2) is 0 Å². The Hall–Kier alpha value is -1.86. The van der Waals surface area contributed by atoms with Gasteiger partial charge >= 0.3 is 0 Å². The fourth-order valence-corrected chi connectivity index (χ4v) is 4.53. The van der Waals surface area contributed by atoms with Crippen molar-refractivity contribution in [1.29, 1.82) is 0 Å². The molecular weight excluding hydrogens is 435 g/mol. The molecule has 1 aromatic carbocycles. The van der Waals surface area contributed by atoms with Crippen molar-refractivity contribution in [2.24, 2.45) is 0 Å². The Labute approximate surface area is 193 Å². The predicted octanol–water partition coefficient (Wildman–Crippen LogP) is 3.88. The minimum atomic E-state index is 0.0117. The van der Waals surface area contributed by atoms with E-state index in [0.29, 0.717) is 22.8 Å². The standard InChI is InChI=1S/C23H28Cl2N4O2/c1-17-21(23(25)29(26-17)15-18-4-6-19(24)7-5-18)8-9-22(30)28-12-10-27(11-13-28)16-20-3-2-14-31-20/h4-9,20H,2-3,10-16H2,1H3. The second kappa shape index (κ2) is 10.2. The average Bonchev–Trinajstić information content (AvgIpc) is 3.37. The second-order valence-electron chi connectivity index (χ2n) is 8.17. The fraction of sp³-hybridized carbons (Fsp3) is 0.478. The highest BCUT2D eigenvalue weighted by molar-refractivity contribution is 6.31. The molecule has 1 atom stereocenters. The Bertz CT molecular complexity index is 928. The third-order valence-corrected chi connectivity index (χ3v) is 6.57. The van der Waals surface area contributed by atoms with Crippen LogP contribution in [-0.2, 0) is 16.1 Å². The van der Waals surface area contributed by atoms with Gasteiger partial charge in [-0.15, -0.1) is 0 Å². The maximum atomic E-state index is 12.7. The molecule has 0 N–H and O–H groups in total. The normalized spacial score (nSPS) is 20.1. The zero-order chi connectivity index (χ0) is 21.8. The number of ether oxygens (including phenoxy) is 1. The van der Waals surface area contributed by atoms with Crippen molar-refractivity contribution in [2.45, 2.75) is 32.4 Å². The van der Waals surface area contributed by atoms with Crippen molar-refractivity contribution in [3.63, 3.8) is 0 Å². The zero-order valence-corrected chi connectivity index (χ0v) is 19.3. The summed E-state index contributed by atoms with van der Waals surface area (Å²) in [5.74, 6) is 0.0117. The number of carbonyl (C=O) groups excluding carboxylic acids is 1. The molecule has 2 fully saturated rings. The summed E-state index contributed by atoms with van der Waals surface area (Å²) in [6, 6.07) is 7.60. The molecule has 2 aromatic rings. The topological polar surface area (TPSA) is 50.6 Å². The molecule has 6 nitrogen and oxygen atoms in total. The Morgan fingerprint density at radius 2 is 1.94 bits per heavy atom. The largest absolute Gasteiger partial charge is 0.377 e. The first-order valence-corrected chi connectivity index (χ1v) is 11.5. The van der Waals surface area contributed by atoms with Gasteiger partial charge in [0.25, 0.3) is 0 Å². The lowest BCUT2D eigenvalue weighted by molar-refractivity contribution is -0.127. The van der Waals surface area contributed by atoms with Crippen LogP contribution in [0.2, 0.25) is 10.2 Å². The van der Waals surface area contributed by atoms with Gasteiger partial charge in [0.2, 0.25) is 5.91 Å². The van der Waals surface area contributed by atoms with Crippen molar-refractivity contribution in [3.05, 3.63) is 57.3 Å². The van der Waals surface area contributed by atoms with Crippen molar-refractivity contribution in [1.82, 2.24) is 19.6 Å². The number of amides is 1. The molecule has 31 heavy (non-hydrogen) atoms. The summed E-state index contributed by atoms with van der Waals surface area (Å²) in [4.78, 5) is 17.0. The van der Waals surface area contributed by atoms with Crippen LogP contribution in [0.25, 0.3) is 6.08 Å². The predicted molar refractivity (Wildman–Crippen MR) is 124 cm³/mol. The van der Waals surface area contributed by atoms with Crippen LogP contribution in [0.3, 0.4) is 0 Å². The molecule has 1 aromatic heterocycles. The van der Waals surface area contributed by atoms with Gasteiger partial charge in [-0.2, -0.15) is 5.10 Å². The van der Waals surface area contributed by atoms with Gasteiger partial charge in [-0.1, -0.05) is 35.3 Å². The molecule has 0 spiro atoms. The summed E-state index contributed by atoms with van der Waals surface area (Å²) >= 11 is 12.5. The molecule has 0 saturated carbocycles. The first-order valence-electron chi connectivity index (χ1n) is 10.8. The van der Waals surface area contributed by atoms with E-state index < -0.39 is 0 Å². The Balaban J connectivity index is 1.33. The van der Waals surface area contributed by atoms with Crippen LogP contribution in [0.5, 0.6) is 0 Å². The summed E-state index contributed by atoms with van der Waals surface area (Å²) in [7, 11) is 0. The molecule has 166 valence electrons. The monoisotopic (exact) mass is 462 g/mol. The quantitative estimate of drug-likeness (QED) is 0.611. The van der Waals surface area contributed by atoms with Gasteiger partial charge in [-0.3, -0.25) is 9.69 Å². The van der Waals surface area contributed by atoms with Crippen LogP contribution in [0.15, 0.2) is 30.3 Å². The molecule has 1 unspecified atom stereocenters. The molecule has 2 aliphatic rings. The summed E-state index contributed by atoms with van der Waals surface area (Å²) in [5, 5.41) is 5.76.